The molecule has 2 aromatic rings. The first-order valence-electron chi connectivity index (χ1n) is 9.63. The van der Waals surface area contributed by atoms with Gasteiger partial charge in [-0.05, 0) is 30.5 Å². The van der Waals surface area contributed by atoms with Gasteiger partial charge in [0.1, 0.15) is 12.4 Å². The second kappa shape index (κ2) is 8.99. The maximum Gasteiger partial charge on any atom is 0.250 e. The zero-order valence-electron chi connectivity index (χ0n) is 15.8. The van der Waals surface area contributed by atoms with Crippen LogP contribution < -0.4 is 5.32 Å². The van der Waals surface area contributed by atoms with Crippen LogP contribution in [-0.2, 0) is 16.1 Å². The van der Waals surface area contributed by atoms with Crippen LogP contribution in [0.25, 0.3) is 0 Å². The van der Waals surface area contributed by atoms with E-state index in [1.165, 1.54) is 19.3 Å². The summed E-state index contributed by atoms with van der Waals surface area (Å²) in [6, 6.07) is 7.97. The van der Waals surface area contributed by atoms with Crippen LogP contribution in [0.2, 0.25) is 0 Å². The van der Waals surface area contributed by atoms with Gasteiger partial charge in [-0.25, -0.2) is 4.98 Å². The average molecular weight is 355 g/mol. The van der Waals surface area contributed by atoms with Crippen LogP contribution >= 0.6 is 0 Å². The molecule has 1 amide bonds. The topological polar surface area (TPSA) is 56.2 Å². The lowest BCUT2D eigenvalue weighted by atomic mass is 9.98. The van der Waals surface area contributed by atoms with Gasteiger partial charge >= 0.3 is 0 Å². The Bertz CT molecular complexity index is 718. The molecule has 0 bridgehead atoms. The summed E-state index contributed by atoms with van der Waals surface area (Å²) in [6.45, 7) is 5.16. The monoisotopic (exact) mass is 355 g/mol. The molecule has 1 aliphatic carbocycles. The molecule has 5 heteroatoms. The summed E-state index contributed by atoms with van der Waals surface area (Å²) in [5, 5.41) is 2.95. The number of carbonyl (C=O) groups excluding carboxylic acids is 1. The number of carbonyl (C=O) groups is 1. The predicted octanol–water partition coefficient (Wildman–Crippen LogP) is 4.34. The third-order valence-corrected chi connectivity index (χ3v) is 4.83. The van der Waals surface area contributed by atoms with E-state index in [9.17, 15) is 4.79 Å². The number of anilines is 1. The summed E-state index contributed by atoms with van der Waals surface area (Å²) in [7, 11) is 0. The molecular weight excluding hydrogens is 326 g/mol. The van der Waals surface area contributed by atoms with E-state index in [1.807, 2.05) is 30.6 Å². The van der Waals surface area contributed by atoms with E-state index in [0.29, 0.717) is 5.92 Å². The van der Waals surface area contributed by atoms with Crippen LogP contribution in [0, 0.1) is 0 Å². The molecule has 3 rings (SSSR count). The molecule has 5 nitrogen and oxygen atoms in total. The molecule has 1 aliphatic rings. The van der Waals surface area contributed by atoms with Gasteiger partial charge in [-0.3, -0.25) is 4.79 Å². The fourth-order valence-corrected chi connectivity index (χ4v) is 3.52. The second-order valence-corrected chi connectivity index (χ2v) is 7.39. The lowest BCUT2D eigenvalue weighted by Gasteiger charge is -2.21. The van der Waals surface area contributed by atoms with Crippen LogP contribution in [0.15, 0.2) is 36.7 Å². The Morgan fingerprint density at radius 1 is 1.31 bits per heavy atom. The van der Waals surface area contributed by atoms with E-state index in [1.54, 1.807) is 0 Å². The number of amides is 1. The van der Waals surface area contributed by atoms with Crippen molar-refractivity contribution in [2.24, 2.45) is 0 Å². The molecule has 1 saturated carbocycles. The minimum Gasteiger partial charge on any atom is -0.368 e. The maximum absolute atomic E-state index is 12.2. The third-order valence-electron chi connectivity index (χ3n) is 4.83. The van der Waals surface area contributed by atoms with Crippen molar-refractivity contribution >= 4 is 11.6 Å². The highest BCUT2D eigenvalue weighted by Gasteiger charge is 2.15. The summed E-state index contributed by atoms with van der Waals surface area (Å²) in [4.78, 5) is 16.6. The second-order valence-electron chi connectivity index (χ2n) is 7.39. The fourth-order valence-electron chi connectivity index (χ4n) is 3.52. The van der Waals surface area contributed by atoms with Crippen LogP contribution in [0.1, 0.15) is 63.3 Å². The van der Waals surface area contributed by atoms with Gasteiger partial charge in [0.2, 0.25) is 5.91 Å². The van der Waals surface area contributed by atoms with Gasteiger partial charge in [0, 0.05) is 30.5 Å². The van der Waals surface area contributed by atoms with Crippen molar-refractivity contribution in [1.29, 1.82) is 0 Å². The largest absolute Gasteiger partial charge is 0.368 e. The Balaban J connectivity index is 1.55. The number of hydrogen-bond acceptors (Lipinski definition) is 3. The zero-order valence-corrected chi connectivity index (χ0v) is 15.8. The molecule has 0 radical (unpaired) electrons. The van der Waals surface area contributed by atoms with Crippen LogP contribution in [0.4, 0.5) is 5.69 Å². The average Bonchev–Trinajstić information content (AvgIpc) is 3.09. The van der Waals surface area contributed by atoms with Crippen molar-refractivity contribution in [3.8, 4) is 0 Å². The van der Waals surface area contributed by atoms with Gasteiger partial charge in [0.05, 0.1) is 6.10 Å². The Labute approximate surface area is 155 Å². The van der Waals surface area contributed by atoms with Crippen molar-refractivity contribution in [2.75, 3.05) is 11.9 Å². The van der Waals surface area contributed by atoms with Crippen LogP contribution in [0.3, 0.4) is 0 Å². The number of nitrogens with zero attached hydrogens (tertiary/aromatic N) is 2. The Hall–Kier alpha value is -2.14. The molecule has 1 aromatic carbocycles. The molecule has 1 heterocycles. The molecule has 0 spiro atoms. The first-order valence-corrected chi connectivity index (χ1v) is 9.63. The normalized spacial score (nSPS) is 15.3. The number of benzene rings is 1. The first-order chi connectivity index (χ1) is 12.6. The van der Waals surface area contributed by atoms with Crippen molar-refractivity contribution in [2.45, 2.75) is 64.5 Å². The van der Waals surface area contributed by atoms with Gasteiger partial charge in [-0.1, -0.05) is 45.2 Å². The highest BCUT2D eigenvalue weighted by Crippen LogP contribution is 2.20. The highest BCUT2D eigenvalue weighted by molar-refractivity contribution is 5.91. The summed E-state index contributed by atoms with van der Waals surface area (Å²) >= 11 is 0. The van der Waals surface area contributed by atoms with Crippen LogP contribution in [-0.4, -0.2) is 28.2 Å². The van der Waals surface area contributed by atoms with Crippen molar-refractivity contribution in [3.05, 3.63) is 48.0 Å². The molecule has 1 aromatic heterocycles. The summed E-state index contributed by atoms with van der Waals surface area (Å²) < 4.78 is 7.90. The predicted molar refractivity (Wildman–Crippen MR) is 103 cm³/mol. The standard InChI is InChI=1S/C21H29N3O2/c1-16(2)21-22-11-12-24(21)14-17-7-6-8-18(13-17)23-20(25)15-26-19-9-4-3-5-10-19/h6-8,11-13,16,19H,3-5,9-10,14-15H2,1-2H3,(H,23,25). The van der Waals surface area contributed by atoms with E-state index in [4.69, 9.17) is 4.74 Å². The summed E-state index contributed by atoms with van der Waals surface area (Å²) in [6.07, 6.45) is 9.94. The van der Waals surface area contributed by atoms with Gasteiger partial charge < -0.3 is 14.6 Å². The van der Waals surface area contributed by atoms with Crippen molar-refractivity contribution in [3.63, 3.8) is 0 Å². The molecule has 140 valence electrons. The summed E-state index contributed by atoms with van der Waals surface area (Å²) in [5.74, 6) is 1.36. The van der Waals surface area contributed by atoms with Gasteiger partial charge in [0.25, 0.3) is 0 Å². The lowest BCUT2D eigenvalue weighted by Crippen LogP contribution is -2.24. The number of ether oxygens (including phenoxy) is 1. The Kier molecular flexibility index (Phi) is 6.45. The molecule has 0 atom stereocenters. The zero-order chi connectivity index (χ0) is 18.4. The quantitative estimate of drug-likeness (QED) is 0.804. The van der Waals surface area contributed by atoms with E-state index in [2.05, 4.69) is 34.8 Å². The maximum atomic E-state index is 12.2. The van der Waals surface area contributed by atoms with Gasteiger partial charge in [-0.2, -0.15) is 0 Å². The number of imidazole rings is 1. The minimum absolute atomic E-state index is 0.0850. The molecule has 1 N–H and O–H groups in total. The minimum atomic E-state index is -0.0850. The summed E-state index contributed by atoms with van der Waals surface area (Å²) in [5.41, 5.74) is 1.95. The SMILES string of the molecule is CC(C)c1nccn1Cc1cccc(NC(=O)COC2CCCCC2)c1. The molecule has 1 fully saturated rings. The molecule has 0 aliphatic heterocycles. The Morgan fingerprint density at radius 2 is 2.12 bits per heavy atom. The van der Waals surface area contributed by atoms with Crippen molar-refractivity contribution < 1.29 is 9.53 Å². The molecule has 26 heavy (non-hydrogen) atoms. The first kappa shape index (κ1) is 18.6. The highest BCUT2D eigenvalue weighted by atomic mass is 16.5. The smallest absolute Gasteiger partial charge is 0.250 e. The fraction of sp³-hybridized carbons (Fsp3) is 0.524. The third kappa shape index (κ3) is 5.18. The number of aromatic nitrogens is 2. The molecule has 0 saturated heterocycles. The van der Waals surface area contributed by atoms with E-state index >= 15 is 0 Å². The van der Waals surface area contributed by atoms with Gasteiger partial charge in [0.15, 0.2) is 0 Å². The van der Waals surface area contributed by atoms with Crippen molar-refractivity contribution in [1.82, 2.24) is 9.55 Å². The number of hydrogen-bond donors (Lipinski definition) is 1. The molecular formula is C21H29N3O2. The van der Waals surface area contributed by atoms with Gasteiger partial charge in [-0.15, -0.1) is 0 Å². The number of rotatable bonds is 7. The lowest BCUT2D eigenvalue weighted by molar-refractivity contribution is -0.123. The Morgan fingerprint density at radius 3 is 2.88 bits per heavy atom. The van der Waals surface area contributed by atoms with E-state index in [-0.39, 0.29) is 18.6 Å². The van der Waals surface area contributed by atoms with E-state index in [0.717, 1.165) is 36.5 Å². The number of nitrogens with one attached hydrogen (secondary N) is 1. The van der Waals surface area contributed by atoms with Crippen LogP contribution in [0.5, 0.6) is 0 Å². The van der Waals surface area contributed by atoms with E-state index < -0.39 is 0 Å². The molecule has 0 unspecified atom stereocenters.